The van der Waals surface area contributed by atoms with Crippen molar-refractivity contribution in [1.29, 1.82) is 5.26 Å². The number of hydrogen-bond donors (Lipinski definition) is 0. The van der Waals surface area contributed by atoms with Crippen LogP contribution >= 0.6 is 0 Å². The van der Waals surface area contributed by atoms with Gasteiger partial charge in [-0.2, -0.15) is 9.57 Å². The standard InChI is InChI=1S/C23H27N3O3S/c24-18-22(25-11-2-15-29-16-14-25)17-19-3-5-20(6-4-19)21-7-9-23(10-8-21)30(27,28)26-12-1-13-26/h3-10,22H,1-2,11-17H2/t22-/m0/s1. The Kier molecular flexibility index (Phi) is 6.49. The lowest BCUT2D eigenvalue weighted by molar-refractivity contribution is 0.137. The lowest BCUT2D eigenvalue weighted by Crippen LogP contribution is -2.41. The van der Waals surface area contributed by atoms with Crippen molar-refractivity contribution < 1.29 is 13.2 Å². The van der Waals surface area contributed by atoms with E-state index in [4.69, 9.17) is 4.74 Å². The molecule has 6 nitrogen and oxygen atoms in total. The first-order valence-electron chi connectivity index (χ1n) is 10.5. The van der Waals surface area contributed by atoms with Gasteiger partial charge in [-0.15, -0.1) is 0 Å². The molecule has 2 aromatic carbocycles. The quantitative estimate of drug-likeness (QED) is 0.712. The van der Waals surface area contributed by atoms with Crippen molar-refractivity contribution in [2.75, 3.05) is 39.4 Å². The van der Waals surface area contributed by atoms with Crippen LogP contribution in [0.1, 0.15) is 18.4 Å². The predicted molar refractivity (Wildman–Crippen MR) is 115 cm³/mol. The molecule has 1 atom stereocenters. The fourth-order valence-electron chi connectivity index (χ4n) is 3.89. The number of sulfonamides is 1. The second-order valence-electron chi connectivity index (χ2n) is 7.83. The Hall–Kier alpha value is -2.24. The molecule has 0 bridgehead atoms. The number of nitrogens with zero attached hydrogens (tertiary/aromatic N) is 3. The summed E-state index contributed by atoms with van der Waals surface area (Å²) in [5.41, 5.74) is 3.13. The van der Waals surface area contributed by atoms with Crippen LogP contribution in [0.5, 0.6) is 0 Å². The number of ether oxygens (including phenoxy) is 1. The Bertz CT molecular complexity index is 985. The predicted octanol–water partition coefficient (Wildman–Crippen LogP) is 2.90. The highest BCUT2D eigenvalue weighted by molar-refractivity contribution is 7.89. The molecule has 0 amide bonds. The summed E-state index contributed by atoms with van der Waals surface area (Å²) in [7, 11) is -3.35. The van der Waals surface area contributed by atoms with Crippen LogP contribution in [-0.4, -0.2) is 63.1 Å². The van der Waals surface area contributed by atoms with E-state index in [0.29, 0.717) is 31.0 Å². The van der Waals surface area contributed by atoms with Crippen molar-refractivity contribution in [3.8, 4) is 17.2 Å². The average Bonchev–Trinajstić information content (AvgIpc) is 3.00. The summed E-state index contributed by atoms with van der Waals surface area (Å²) in [6, 6.07) is 17.6. The highest BCUT2D eigenvalue weighted by Crippen LogP contribution is 2.25. The van der Waals surface area contributed by atoms with Gasteiger partial charge >= 0.3 is 0 Å². The first-order chi connectivity index (χ1) is 14.6. The van der Waals surface area contributed by atoms with Crippen LogP contribution < -0.4 is 0 Å². The second-order valence-corrected chi connectivity index (χ2v) is 9.77. The maximum Gasteiger partial charge on any atom is 0.243 e. The van der Waals surface area contributed by atoms with E-state index in [2.05, 4.69) is 23.1 Å². The lowest BCUT2D eigenvalue weighted by atomic mass is 10.0. The first kappa shape index (κ1) is 21.0. The smallest absolute Gasteiger partial charge is 0.243 e. The molecule has 0 aliphatic carbocycles. The van der Waals surface area contributed by atoms with Gasteiger partial charge < -0.3 is 4.74 Å². The third-order valence-corrected chi connectivity index (χ3v) is 7.78. The zero-order chi connectivity index (χ0) is 21.0. The lowest BCUT2D eigenvalue weighted by Gasteiger charge is -2.29. The zero-order valence-electron chi connectivity index (χ0n) is 17.0. The molecule has 0 aromatic heterocycles. The zero-order valence-corrected chi connectivity index (χ0v) is 17.9. The number of nitriles is 1. The molecule has 158 valence electrons. The summed E-state index contributed by atoms with van der Waals surface area (Å²) in [6.45, 7) is 4.35. The van der Waals surface area contributed by atoms with Gasteiger partial charge in [0.1, 0.15) is 6.04 Å². The number of benzene rings is 2. The summed E-state index contributed by atoms with van der Waals surface area (Å²) in [4.78, 5) is 2.55. The van der Waals surface area contributed by atoms with E-state index < -0.39 is 10.0 Å². The van der Waals surface area contributed by atoms with Crippen molar-refractivity contribution in [3.63, 3.8) is 0 Å². The molecule has 30 heavy (non-hydrogen) atoms. The van der Waals surface area contributed by atoms with Gasteiger partial charge in [-0.05, 0) is 41.7 Å². The molecule has 2 aliphatic heterocycles. The minimum Gasteiger partial charge on any atom is -0.380 e. The molecule has 0 N–H and O–H groups in total. The van der Waals surface area contributed by atoms with Crippen LogP contribution in [0.25, 0.3) is 11.1 Å². The third-order valence-electron chi connectivity index (χ3n) is 5.87. The monoisotopic (exact) mass is 425 g/mol. The van der Waals surface area contributed by atoms with E-state index >= 15 is 0 Å². The molecule has 0 radical (unpaired) electrons. The fraction of sp³-hybridized carbons (Fsp3) is 0.435. The van der Waals surface area contributed by atoms with E-state index in [-0.39, 0.29) is 6.04 Å². The average molecular weight is 426 g/mol. The number of rotatable bonds is 6. The first-order valence-corrected chi connectivity index (χ1v) is 11.9. The maximum absolute atomic E-state index is 12.5. The Labute approximate surface area is 178 Å². The van der Waals surface area contributed by atoms with Crippen molar-refractivity contribution in [1.82, 2.24) is 9.21 Å². The molecule has 0 saturated carbocycles. The van der Waals surface area contributed by atoms with Crippen molar-refractivity contribution in [2.45, 2.75) is 30.2 Å². The van der Waals surface area contributed by atoms with Crippen LogP contribution in [0.4, 0.5) is 0 Å². The molecule has 0 unspecified atom stereocenters. The minimum absolute atomic E-state index is 0.149. The van der Waals surface area contributed by atoms with Gasteiger partial charge in [0.25, 0.3) is 0 Å². The Morgan fingerprint density at radius 2 is 1.57 bits per heavy atom. The Balaban J connectivity index is 1.43. The van der Waals surface area contributed by atoms with Crippen molar-refractivity contribution >= 4 is 10.0 Å². The fourth-order valence-corrected chi connectivity index (χ4v) is 5.40. The van der Waals surface area contributed by atoms with E-state index in [0.717, 1.165) is 49.2 Å². The van der Waals surface area contributed by atoms with Crippen molar-refractivity contribution in [2.24, 2.45) is 0 Å². The molecule has 2 fully saturated rings. The molecular formula is C23H27N3O3S. The van der Waals surface area contributed by atoms with E-state index in [1.807, 2.05) is 24.3 Å². The maximum atomic E-state index is 12.5. The summed E-state index contributed by atoms with van der Waals surface area (Å²) in [5, 5.41) is 9.63. The Morgan fingerprint density at radius 3 is 2.17 bits per heavy atom. The van der Waals surface area contributed by atoms with Gasteiger partial charge in [0.05, 0.1) is 17.6 Å². The summed E-state index contributed by atoms with van der Waals surface area (Å²) in [6.07, 6.45) is 2.58. The SMILES string of the molecule is N#C[C@H](Cc1ccc(-c2ccc(S(=O)(=O)N3CCC3)cc2)cc1)N1CCCOCC1. The van der Waals surface area contributed by atoms with Crippen LogP contribution in [0, 0.1) is 11.3 Å². The van der Waals surface area contributed by atoms with Gasteiger partial charge in [-0.3, -0.25) is 4.90 Å². The van der Waals surface area contributed by atoms with E-state index in [1.165, 1.54) is 4.31 Å². The topological polar surface area (TPSA) is 73.6 Å². The van der Waals surface area contributed by atoms with Crippen LogP contribution in [0.3, 0.4) is 0 Å². The van der Waals surface area contributed by atoms with Crippen molar-refractivity contribution in [3.05, 3.63) is 54.1 Å². The molecule has 2 aliphatic rings. The van der Waals surface area contributed by atoms with Gasteiger partial charge in [0.2, 0.25) is 10.0 Å². The largest absolute Gasteiger partial charge is 0.380 e. The summed E-state index contributed by atoms with van der Waals surface area (Å²) < 4.78 is 32.0. The van der Waals surface area contributed by atoms with E-state index in [9.17, 15) is 13.7 Å². The van der Waals surface area contributed by atoms with Crippen LogP contribution in [0.15, 0.2) is 53.4 Å². The summed E-state index contributed by atoms with van der Waals surface area (Å²) in [5.74, 6) is 0. The molecule has 2 aromatic rings. The molecule has 2 heterocycles. The highest BCUT2D eigenvalue weighted by atomic mass is 32.2. The molecular weight excluding hydrogens is 398 g/mol. The minimum atomic E-state index is -3.35. The van der Waals surface area contributed by atoms with Gasteiger partial charge in [-0.1, -0.05) is 36.4 Å². The van der Waals surface area contributed by atoms with Crippen LogP contribution in [-0.2, 0) is 21.2 Å². The number of hydrogen-bond acceptors (Lipinski definition) is 5. The van der Waals surface area contributed by atoms with Crippen LogP contribution in [0.2, 0.25) is 0 Å². The third kappa shape index (κ3) is 4.57. The second kappa shape index (κ2) is 9.27. The summed E-state index contributed by atoms with van der Waals surface area (Å²) >= 11 is 0. The van der Waals surface area contributed by atoms with Gasteiger partial charge in [0.15, 0.2) is 0 Å². The molecule has 4 rings (SSSR count). The molecule has 0 spiro atoms. The van der Waals surface area contributed by atoms with E-state index in [1.54, 1.807) is 12.1 Å². The molecule has 2 saturated heterocycles. The Morgan fingerprint density at radius 1 is 0.900 bits per heavy atom. The highest BCUT2D eigenvalue weighted by Gasteiger charge is 2.29. The van der Waals surface area contributed by atoms with Gasteiger partial charge in [0, 0.05) is 39.2 Å². The normalized spacial score (nSPS) is 19.4. The molecule has 7 heteroatoms. The van der Waals surface area contributed by atoms with Gasteiger partial charge in [-0.25, -0.2) is 8.42 Å².